The Bertz CT molecular complexity index is 585. The van der Waals surface area contributed by atoms with Crippen LogP contribution in [0.5, 0.6) is 5.75 Å². The van der Waals surface area contributed by atoms with Crippen molar-refractivity contribution in [2.75, 3.05) is 7.11 Å². The van der Waals surface area contributed by atoms with Gasteiger partial charge in [-0.3, -0.25) is 4.79 Å². The van der Waals surface area contributed by atoms with Crippen molar-refractivity contribution in [3.63, 3.8) is 0 Å². The maximum atomic E-state index is 11.2. The average molecular weight is 256 g/mol. The largest absolute Gasteiger partial charge is 0.497 e. The third-order valence-corrected chi connectivity index (χ3v) is 3.47. The van der Waals surface area contributed by atoms with E-state index in [0.717, 1.165) is 46.8 Å². The number of rotatable bonds is 5. The molecule has 0 aromatic heterocycles. The fourth-order valence-corrected chi connectivity index (χ4v) is 2.34. The summed E-state index contributed by atoms with van der Waals surface area (Å²) in [4.78, 5) is 11.2. The lowest BCUT2D eigenvalue weighted by atomic mass is 9.93. The van der Waals surface area contributed by atoms with Crippen molar-refractivity contribution in [1.82, 2.24) is 0 Å². The van der Waals surface area contributed by atoms with Crippen LogP contribution in [0, 0.1) is 5.92 Å². The van der Waals surface area contributed by atoms with Crippen LogP contribution in [-0.2, 0) is 6.42 Å². The van der Waals surface area contributed by atoms with Gasteiger partial charge in [0.05, 0.1) is 7.11 Å². The minimum absolute atomic E-state index is 0.632. The van der Waals surface area contributed by atoms with E-state index in [1.165, 1.54) is 0 Å². The molecule has 0 amide bonds. The van der Waals surface area contributed by atoms with Gasteiger partial charge in [-0.25, -0.2) is 0 Å². The number of hydrogen-bond acceptors (Lipinski definition) is 2. The SMILES string of the molecule is COc1ccc2c(CCC(C)C)c(C=O)ccc2c1. The summed E-state index contributed by atoms with van der Waals surface area (Å²) in [5, 5.41) is 2.29. The van der Waals surface area contributed by atoms with E-state index in [2.05, 4.69) is 19.9 Å². The second-order valence-electron chi connectivity index (χ2n) is 5.27. The molecule has 2 rings (SSSR count). The van der Waals surface area contributed by atoms with Crippen molar-refractivity contribution in [3.05, 3.63) is 41.5 Å². The van der Waals surface area contributed by atoms with Gasteiger partial charge in [0.2, 0.25) is 0 Å². The van der Waals surface area contributed by atoms with Crippen molar-refractivity contribution in [2.24, 2.45) is 5.92 Å². The number of benzene rings is 2. The molecule has 0 N–H and O–H groups in total. The predicted octanol–water partition coefficient (Wildman–Crippen LogP) is 4.25. The minimum Gasteiger partial charge on any atom is -0.497 e. The normalized spacial score (nSPS) is 10.9. The molecule has 19 heavy (non-hydrogen) atoms. The quantitative estimate of drug-likeness (QED) is 0.747. The fraction of sp³-hybridized carbons (Fsp3) is 0.353. The summed E-state index contributed by atoms with van der Waals surface area (Å²) in [7, 11) is 1.67. The summed E-state index contributed by atoms with van der Waals surface area (Å²) in [6, 6.07) is 9.92. The molecular formula is C17H20O2. The van der Waals surface area contributed by atoms with Gasteiger partial charge in [0, 0.05) is 5.56 Å². The molecule has 2 aromatic rings. The number of carbonyl (C=O) groups excluding carboxylic acids is 1. The molecule has 2 heteroatoms. The standard InChI is InChI=1S/C17H20O2/c1-12(2)4-8-17-14(11-18)6-5-13-10-15(19-3)7-9-16(13)17/h5-7,9-12H,4,8H2,1-3H3. The molecule has 0 radical (unpaired) electrons. The van der Waals surface area contributed by atoms with Crippen molar-refractivity contribution in [3.8, 4) is 5.75 Å². The molecule has 0 spiro atoms. The lowest BCUT2D eigenvalue weighted by Gasteiger charge is -2.12. The smallest absolute Gasteiger partial charge is 0.150 e. The summed E-state index contributed by atoms with van der Waals surface area (Å²) in [6.45, 7) is 4.41. The minimum atomic E-state index is 0.632. The maximum Gasteiger partial charge on any atom is 0.150 e. The molecule has 0 aliphatic carbocycles. The number of aryl methyl sites for hydroxylation is 1. The van der Waals surface area contributed by atoms with Crippen molar-refractivity contribution in [2.45, 2.75) is 26.7 Å². The lowest BCUT2D eigenvalue weighted by molar-refractivity contribution is 0.112. The summed E-state index contributed by atoms with van der Waals surface area (Å²) in [6.07, 6.45) is 2.99. The van der Waals surface area contributed by atoms with Crippen LogP contribution in [0.4, 0.5) is 0 Å². The highest BCUT2D eigenvalue weighted by molar-refractivity contribution is 5.93. The van der Waals surface area contributed by atoms with Gasteiger partial charge in [-0.05, 0) is 47.2 Å². The summed E-state index contributed by atoms with van der Waals surface area (Å²) < 4.78 is 5.25. The molecule has 0 aliphatic rings. The molecule has 0 unspecified atom stereocenters. The molecule has 0 atom stereocenters. The number of aldehydes is 1. The Morgan fingerprint density at radius 2 is 2.00 bits per heavy atom. The van der Waals surface area contributed by atoms with Gasteiger partial charge in [-0.15, -0.1) is 0 Å². The molecule has 2 aromatic carbocycles. The fourth-order valence-electron chi connectivity index (χ4n) is 2.34. The highest BCUT2D eigenvalue weighted by atomic mass is 16.5. The maximum absolute atomic E-state index is 11.2. The summed E-state index contributed by atoms with van der Waals surface area (Å²) in [5.41, 5.74) is 1.96. The van der Waals surface area contributed by atoms with Crippen molar-refractivity contribution in [1.29, 1.82) is 0 Å². The molecular weight excluding hydrogens is 236 g/mol. The predicted molar refractivity (Wildman–Crippen MR) is 79.0 cm³/mol. The Morgan fingerprint density at radius 3 is 2.63 bits per heavy atom. The number of ether oxygens (including phenoxy) is 1. The zero-order valence-corrected chi connectivity index (χ0v) is 11.8. The van der Waals surface area contributed by atoms with E-state index in [4.69, 9.17) is 4.74 Å². The van der Waals surface area contributed by atoms with E-state index < -0.39 is 0 Å². The first kappa shape index (κ1) is 13.6. The Labute approximate surface area is 114 Å². The molecule has 100 valence electrons. The van der Waals surface area contributed by atoms with Crippen LogP contribution in [0.25, 0.3) is 10.8 Å². The van der Waals surface area contributed by atoms with E-state index in [-0.39, 0.29) is 0 Å². The van der Waals surface area contributed by atoms with Gasteiger partial charge < -0.3 is 4.74 Å². The number of carbonyl (C=O) groups is 1. The summed E-state index contributed by atoms with van der Waals surface area (Å²) >= 11 is 0. The Balaban J connectivity index is 2.52. The van der Waals surface area contributed by atoms with Gasteiger partial charge in [0.15, 0.2) is 0 Å². The van der Waals surface area contributed by atoms with Crippen LogP contribution >= 0.6 is 0 Å². The zero-order valence-electron chi connectivity index (χ0n) is 11.8. The van der Waals surface area contributed by atoms with Crippen molar-refractivity contribution < 1.29 is 9.53 Å². The van der Waals surface area contributed by atoms with E-state index in [1.807, 2.05) is 24.3 Å². The molecule has 0 bridgehead atoms. The van der Waals surface area contributed by atoms with Crippen LogP contribution in [-0.4, -0.2) is 13.4 Å². The highest BCUT2D eigenvalue weighted by Crippen LogP contribution is 2.27. The van der Waals surface area contributed by atoms with Gasteiger partial charge in [0.1, 0.15) is 12.0 Å². The Kier molecular flexibility index (Phi) is 4.20. The van der Waals surface area contributed by atoms with Crippen LogP contribution in [0.3, 0.4) is 0 Å². The van der Waals surface area contributed by atoms with Crippen LogP contribution < -0.4 is 4.74 Å². The van der Waals surface area contributed by atoms with E-state index in [1.54, 1.807) is 7.11 Å². The molecule has 0 fully saturated rings. The molecule has 0 heterocycles. The number of methoxy groups -OCH3 is 1. The van der Waals surface area contributed by atoms with E-state index in [0.29, 0.717) is 5.92 Å². The van der Waals surface area contributed by atoms with Gasteiger partial charge >= 0.3 is 0 Å². The van der Waals surface area contributed by atoms with Crippen molar-refractivity contribution >= 4 is 17.1 Å². The van der Waals surface area contributed by atoms with Gasteiger partial charge in [-0.2, -0.15) is 0 Å². The average Bonchev–Trinajstić information content (AvgIpc) is 2.43. The number of fused-ring (bicyclic) bond motifs is 1. The van der Waals surface area contributed by atoms with Crippen LogP contribution in [0.15, 0.2) is 30.3 Å². The van der Waals surface area contributed by atoms with E-state index >= 15 is 0 Å². The lowest BCUT2D eigenvalue weighted by Crippen LogP contribution is -1.98. The second-order valence-corrected chi connectivity index (χ2v) is 5.27. The molecule has 0 saturated carbocycles. The molecule has 0 saturated heterocycles. The monoisotopic (exact) mass is 256 g/mol. The Morgan fingerprint density at radius 1 is 1.21 bits per heavy atom. The number of hydrogen-bond donors (Lipinski definition) is 0. The third-order valence-electron chi connectivity index (χ3n) is 3.47. The molecule has 2 nitrogen and oxygen atoms in total. The van der Waals surface area contributed by atoms with E-state index in [9.17, 15) is 4.79 Å². The first-order valence-electron chi connectivity index (χ1n) is 6.70. The molecule has 0 aliphatic heterocycles. The van der Waals surface area contributed by atoms with Crippen LogP contribution in [0.1, 0.15) is 36.2 Å². The topological polar surface area (TPSA) is 26.3 Å². The first-order chi connectivity index (χ1) is 9.15. The first-order valence-corrected chi connectivity index (χ1v) is 6.70. The Hall–Kier alpha value is -1.83. The zero-order chi connectivity index (χ0) is 13.8. The second kappa shape index (κ2) is 5.87. The van der Waals surface area contributed by atoms with Gasteiger partial charge in [-0.1, -0.05) is 32.0 Å². The van der Waals surface area contributed by atoms with Gasteiger partial charge in [0.25, 0.3) is 0 Å². The third kappa shape index (κ3) is 2.95. The highest BCUT2D eigenvalue weighted by Gasteiger charge is 2.09. The van der Waals surface area contributed by atoms with Crippen LogP contribution in [0.2, 0.25) is 0 Å². The summed E-state index contributed by atoms with van der Waals surface area (Å²) in [5.74, 6) is 1.48.